The average molecular weight is 284 g/mol. The molecule has 106 valence electrons. The lowest BCUT2D eigenvalue weighted by Crippen LogP contribution is -2.28. The Morgan fingerprint density at radius 1 is 1.42 bits per heavy atom. The third kappa shape index (κ3) is 4.90. The van der Waals surface area contributed by atoms with E-state index < -0.39 is 10.8 Å². The van der Waals surface area contributed by atoms with Crippen molar-refractivity contribution in [1.29, 1.82) is 0 Å². The summed E-state index contributed by atoms with van der Waals surface area (Å²) in [6, 6.07) is 4.92. The van der Waals surface area contributed by atoms with Crippen LogP contribution >= 0.6 is 0 Å². The Labute approximate surface area is 116 Å². The highest BCUT2D eigenvalue weighted by atomic mass is 32.2. The molecule has 0 heterocycles. The minimum Gasteiger partial charge on any atom is -0.492 e. The molecule has 1 amide bonds. The van der Waals surface area contributed by atoms with E-state index in [-0.39, 0.29) is 5.91 Å². The molecule has 19 heavy (non-hydrogen) atoms. The van der Waals surface area contributed by atoms with Gasteiger partial charge in [0.1, 0.15) is 5.75 Å². The Balaban J connectivity index is 2.57. The summed E-state index contributed by atoms with van der Waals surface area (Å²) in [6.45, 7) is 4.64. The molecule has 1 aromatic carbocycles. The van der Waals surface area contributed by atoms with Crippen molar-refractivity contribution >= 4 is 22.4 Å². The van der Waals surface area contributed by atoms with E-state index >= 15 is 0 Å². The maximum Gasteiger partial charge on any atom is 0.251 e. The second-order valence-electron chi connectivity index (χ2n) is 3.87. The second kappa shape index (κ2) is 7.78. The molecule has 3 N–H and O–H groups in total. The predicted molar refractivity (Wildman–Crippen MR) is 77.9 cm³/mol. The highest BCUT2D eigenvalue weighted by molar-refractivity contribution is 7.84. The number of benzene rings is 1. The van der Waals surface area contributed by atoms with E-state index in [0.29, 0.717) is 41.7 Å². The van der Waals surface area contributed by atoms with E-state index in [0.717, 1.165) is 0 Å². The summed E-state index contributed by atoms with van der Waals surface area (Å²) in [4.78, 5) is 11.8. The molecule has 0 bridgehead atoms. The van der Waals surface area contributed by atoms with E-state index in [1.807, 2.05) is 13.8 Å². The Morgan fingerprint density at radius 3 is 2.74 bits per heavy atom. The van der Waals surface area contributed by atoms with Crippen LogP contribution in [0.1, 0.15) is 24.2 Å². The maximum absolute atomic E-state index is 11.8. The molecular formula is C13H20N2O3S. The molecular weight excluding hydrogens is 264 g/mol. The predicted octanol–water partition coefficient (Wildman–Crippen LogP) is 1.17. The molecule has 0 spiro atoms. The molecule has 0 aliphatic rings. The van der Waals surface area contributed by atoms with Crippen LogP contribution in [0.2, 0.25) is 0 Å². The molecule has 0 fully saturated rings. The van der Waals surface area contributed by atoms with Gasteiger partial charge in [0.25, 0.3) is 5.91 Å². The summed E-state index contributed by atoms with van der Waals surface area (Å²) < 4.78 is 16.5. The van der Waals surface area contributed by atoms with E-state index in [1.165, 1.54) is 0 Å². The Bertz CT molecular complexity index is 463. The minimum absolute atomic E-state index is 0.220. The van der Waals surface area contributed by atoms with Crippen molar-refractivity contribution in [2.45, 2.75) is 13.8 Å². The van der Waals surface area contributed by atoms with Gasteiger partial charge in [-0.05, 0) is 25.1 Å². The van der Waals surface area contributed by atoms with Crippen LogP contribution in [-0.2, 0) is 10.8 Å². The summed E-state index contributed by atoms with van der Waals surface area (Å²) in [7, 11) is -0.870. The van der Waals surface area contributed by atoms with Gasteiger partial charge >= 0.3 is 0 Å². The van der Waals surface area contributed by atoms with Crippen molar-refractivity contribution in [3.63, 3.8) is 0 Å². The highest BCUT2D eigenvalue weighted by Gasteiger charge is 2.08. The molecule has 6 heteroatoms. The van der Waals surface area contributed by atoms with Gasteiger partial charge in [-0.1, -0.05) is 6.92 Å². The number of ether oxygens (including phenoxy) is 1. The molecule has 1 aromatic rings. The third-order valence-corrected chi connectivity index (χ3v) is 3.81. The van der Waals surface area contributed by atoms with Gasteiger partial charge in [0.15, 0.2) is 0 Å². The summed E-state index contributed by atoms with van der Waals surface area (Å²) in [5.74, 6) is 1.43. The van der Waals surface area contributed by atoms with Gasteiger partial charge < -0.3 is 15.8 Å². The fourth-order valence-corrected chi connectivity index (χ4v) is 2.12. The number of hydrogen-bond donors (Lipinski definition) is 2. The first-order valence-corrected chi connectivity index (χ1v) is 7.72. The number of carbonyl (C=O) groups excluding carboxylic acids is 1. The molecule has 1 atom stereocenters. The maximum atomic E-state index is 11.8. The van der Waals surface area contributed by atoms with Crippen molar-refractivity contribution < 1.29 is 13.7 Å². The number of rotatable bonds is 7. The molecule has 0 aromatic heterocycles. The van der Waals surface area contributed by atoms with Crippen LogP contribution < -0.4 is 15.8 Å². The zero-order valence-corrected chi connectivity index (χ0v) is 12.1. The van der Waals surface area contributed by atoms with Crippen LogP contribution in [0.5, 0.6) is 5.75 Å². The van der Waals surface area contributed by atoms with Gasteiger partial charge in [-0.3, -0.25) is 9.00 Å². The molecule has 5 nitrogen and oxygen atoms in total. The quantitative estimate of drug-likeness (QED) is 0.736. The highest BCUT2D eigenvalue weighted by Crippen LogP contribution is 2.22. The number of carbonyl (C=O) groups is 1. The summed E-state index contributed by atoms with van der Waals surface area (Å²) >= 11 is 0. The van der Waals surface area contributed by atoms with E-state index in [1.54, 1.807) is 18.2 Å². The zero-order valence-electron chi connectivity index (χ0n) is 11.3. The lowest BCUT2D eigenvalue weighted by atomic mass is 10.2. The van der Waals surface area contributed by atoms with Crippen LogP contribution in [0.4, 0.5) is 5.69 Å². The van der Waals surface area contributed by atoms with E-state index in [4.69, 9.17) is 10.5 Å². The first kappa shape index (κ1) is 15.5. The van der Waals surface area contributed by atoms with Gasteiger partial charge in [0.05, 0.1) is 12.3 Å². The molecule has 1 unspecified atom stereocenters. The molecule has 0 saturated heterocycles. The van der Waals surface area contributed by atoms with Crippen LogP contribution in [0.25, 0.3) is 0 Å². The van der Waals surface area contributed by atoms with Crippen LogP contribution in [-0.4, -0.2) is 34.8 Å². The molecule has 0 saturated carbocycles. The summed E-state index contributed by atoms with van der Waals surface area (Å²) in [5, 5.41) is 2.71. The average Bonchev–Trinajstić information content (AvgIpc) is 2.40. The molecule has 1 rings (SSSR count). The van der Waals surface area contributed by atoms with Crippen molar-refractivity contribution in [2.24, 2.45) is 0 Å². The summed E-state index contributed by atoms with van der Waals surface area (Å²) in [5.41, 5.74) is 6.70. The number of nitrogen functional groups attached to an aromatic ring is 1. The molecule has 0 radical (unpaired) electrons. The van der Waals surface area contributed by atoms with Crippen molar-refractivity contribution in [2.75, 3.05) is 30.4 Å². The normalized spacial score (nSPS) is 11.9. The van der Waals surface area contributed by atoms with Gasteiger partial charge in [0.2, 0.25) is 0 Å². The fourth-order valence-electron chi connectivity index (χ4n) is 1.50. The number of hydrogen-bond acceptors (Lipinski definition) is 4. The third-order valence-electron chi connectivity index (χ3n) is 2.51. The first-order chi connectivity index (χ1) is 9.08. The lowest BCUT2D eigenvalue weighted by molar-refractivity contribution is 0.0956. The molecule has 0 aliphatic heterocycles. The van der Waals surface area contributed by atoms with Gasteiger partial charge in [-0.25, -0.2) is 0 Å². The van der Waals surface area contributed by atoms with Crippen molar-refractivity contribution in [3.05, 3.63) is 23.8 Å². The monoisotopic (exact) mass is 284 g/mol. The Hall–Kier alpha value is -1.56. The fraction of sp³-hybridized carbons (Fsp3) is 0.462. The van der Waals surface area contributed by atoms with Crippen molar-refractivity contribution in [3.8, 4) is 5.75 Å². The van der Waals surface area contributed by atoms with Crippen LogP contribution in [0, 0.1) is 0 Å². The SMILES string of the molecule is CCOc1ccc(C(=O)NCCS(=O)CC)cc1N. The zero-order chi connectivity index (χ0) is 14.3. The Kier molecular flexibility index (Phi) is 6.35. The van der Waals surface area contributed by atoms with Crippen LogP contribution in [0.15, 0.2) is 18.2 Å². The second-order valence-corrected chi connectivity index (χ2v) is 5.74. The van der Waals surface area contributed by atoms with Crippen LogP contribution in [0.3, 0.4) is 0 Å². The van der Waals surface area contributed by atoms with Gasteiger partial charge in [-0.15, -0.1) is 0 Å². The van der Waals surface area contributed by atoms with Gasteiger partial charge in [0, 0.05) is 34.4 Å². The van der Waals surface area contributed by atoms with Crippen molar-refractivity contribution in [1.82, 2.24) is 5.32 Å². The largest absolute Gasteiger partial charge is 0.492 e. The smallest absolute Gasteiger partial charge is 0.251 e. The van der Waals surface area contributed by atoms with E-state index in [9.17, 15) is 9.00 Å². The number of amides is 1. The lowest BCUT2D eigenvalue weighted by Gasteiger charge is -2.09. The topological polar surface area (TPSA) is 81.4 Å². The number of anilines is 1. The first-order valence-electron chi connectivity index (χ1n) is 6.24. The van der Waals surface area contributed by atoms with Gasteiger partial charge in [-0.2, -0.15) is 0 Å². The summed E-state index contributed by atoms with van der Waals surface area (Å²) in [6.07, 6.45) is 0. The number of nitrogens with one attached hydrogen (secondary N) is 1. The molecule has 0 aliphatic carbocycles. The number of nitrogens with two attached hydrogens (primary N) is 1. The standard InChI is InChI=1S/C13H20N2O3S/c1-3-18-12-6-5-10(9-11(12)14)13(16)15-7-8-19(17)4-2/h5-6,9H,3-4,7-8,14H2,1-2H3,(H,15,16). The Morgan fingerprint density at radius 2 is 2.16 bits per heavy atom. The van der Waals surface area contributed by atoms with E-state index in [2.05, 4.69) is 5.32 Å². The minimum atomic E-state index is -0.870.